The van der Waals surface area contributed by atoms with Crippen LogP contribution in [-0.2, 0) is 0 Å². The van der Waals surface area contributed by atoms with Gasteiger partial charge in [0.1, 0.15) is 0 Å². The number of benzene rings is 5. The predicted octanol–water partition coefficient (Wildman–Crippen LogP) is 8.98. The van der Waals surface area contributed by atoms with E-state index in [1.54, 1.807) is 24.5 Å². The number of aromatic nitrogens is 1. The average molecular weight is 529 g/mol. The van der Waals surface area contributed by atoms with Crippen LogP contribution in [0, 0.1) is 10.8 Å². The minimum Gasteiger partial charge on any atom is -0.399 e. The minimum atomic E-state index is 0.242. The summed E-state index contributed by atoms with van der Waals surface area (Å²) in [6, 6.07) is 40.0. The first-order valence-electron chi connectivity index (χ1n) is 13.4. The lowest BCUT2D eigenvalue weighted by molar-refractivity contribution is 1.31. The Hall–Kier alpha value is -5.61. The van der Waals surface area contributed by atoms with Crippen LogP contribution in [0.1, 0.15) is 5.56 Å². The maximum Gasteiger partial charge on any atom is 0.0795 e. The predicted molar refractivity (Wildman–Crippen MR) is 174 cm³/mol. The zero-order valence-corrected chi connectivity index (χ0v) is 22.4. The number of nitrogens with two attached hydrogens (primary N) is 1. The zero-order chi connectivity index (χ0) is 28.2. The van der Waals surface area contributed by atoms with Gasteiger partial charge in [-0.3, -0.25) is 15.8 Å². The molecule has 1 aliphatic carbocycles. The Morgan fingerprint density at radius 1 is 0.488 bits per heavy atom. The van der Waals surface area contributed by atoms with Crippen LogP contribution in [0.15, 0.2) is 146 Å². The fourth-order valence-corrected chi connectivity index (χ4v) is 5.26. The highest BCUT2D eigenvalue weighted by Gasteiger charge is 2.16. The molecule has 1 heterocycles. The number of rotatable bonds is 3. The number of pyridine rings is 1. The van der Waals surface area contributed by atoms with Crippen molar-refractivity contribution in [2.24, 2.45) is 0 Å². The summed E-state index contributed by atoms with van der Waals surface area (Å²) in [6.07, 6.45) is 8.60. The molecule has 7 rings (SSSR count). The van der Waals surface area contributed by atoms with Gasteiger partial charge in [0.25, 0.3) is 0 Å². The summed E-state index contributed by atoms with van der Waals surface area (Å²) >= 11 is 0. The second kappa shape index (κ2) is 11.2. The number of fused-ring (bicyclic) bond motifs is 2. The first kappa shape index (κ1) is 25.7. The van der Waals surface area contributed by atoms with Crippen molar-refractivity contribution in [3.63, 3.8) is 0 Å². The molecule has 6 aromatic rings. The Morgan fingerprint density at radius 2 is 1.00 bits per heavy atom. The Morgan fingerprint density at radius 3 is 1.51 bits per heavy atom. The number of allylic oxidation sites excluding steroid dienone is 4. The van der Waals surface area contributed by atoms with E-state index in [2.05, 4.69) is 96.0 Å². The number of nitrogens with zero attached hydrogens (tertiary/aromatic N) is 1. The fraction of sp³-hybridized carbons (Fsp3) is 0. The molecule has 0 aliphatic heterocycles. The number of hydrogen-bond acceptors (Lipinski definition) is 4. The van der Waals surface area contributed by atoms with E-state index in [1.807, 2.05) is 30.3 Å². The molecule has 4 N–H and O–H groups in total. The second-order valence-corrected chi connectivity index (χ2v) is 9.83. The number of anilines is 1. The van der Waals surface area contributed by atoms with Crippen molar-refractivity contribution >= 4 is 44.2 Å². The van der Waals surface area contributed by atoms with E-state index in [4.69, 9.17) is 16.6 Å². The molecular formula is C37H28N4. The molecule has 0 fully saturated rings. The molecule has 0 bridgehead atoms. The van der Waals surface area contributed by atoms with Gasteiger partial charge >= 0.3 is 0 Å². The monoisotopic (exact) mass is 528 g/mol. The van der Waals surface area contributed by atoms with E-state index in [0.29, 0.717) is 0 Å². The van der Waals surface area contributed by atoms with E-state index < -0.39 is 0 Å². The summed E-state index contributed by atoms with van der Waals surface area (Å²) < 4.78 is 0. The number of nitrogens with one attached hydrogen (secondary N) is 2. The third-order valence-electron chi connectivity index (χ3n) is 7.21. The summed E-state index contributed by atoms with van der Waals surface area (Å²) in [5.41, 5.74) is 14.1. The van der Waals surface area contributed by atoms with Crippen molar-refractivity contribution < 1.29 is 0 Å². The molecule has 0 saturated heterocycles. The van der Waals surface area contributed by atoms with Crippen molar-refractivity contribution in [2.45, 2.75) is 0 Å². The number of hydrogen-bond donors (Lipinski definition) is 3. The van der Waals surface area contributed by atoms with Gasteiger partial charge in [-0.2, -0.15) is 0 Å². The Bertz CT molecular complexity index is 1900. The van der Waals surface area contributed by atoms with Crippen molar-refractivity contribution in [2.75, 3.05) is 5.73 Å². The molecule has 0 atom stereocenters. The molecule has 0 spiro atoms. The Labute approximate surface area is 239 Å². The highest BCUT2D eigenvalue weighted by molar-refractivity contribution is 6.50. The lowest BCUT2D eigenvalue weighted by Crippen LogP contribution is -2.09. The van der Waals surface area contributed by atoms with Crippen LogP contribution in [0.25, 0.3) is 49.4 Å². The summed E-state index contributed by atoms with van der Waals surface area (Å²) in [5, 5.41) is 19.9. The van der Waals surface area contributed by atoms with Gasteiger partial charge in [-0.15, -0.1) is 0 Å². The lowest BCUT2D eigenvalue weighted by Gasteiger charge is -2.17. The Kier molecular flexibility index (Phi) is 7.04. The van der Waals surface area contributed by atoms with Crippen LogP contribution in [0.2, 0.25) is 0 Å². The van der Waals surface area contributed by atoms with Gasteiger partial charge in [0, 0.05) is 23.6 Å². The van der Waals surface area contributed by atoms with Crippen LogP contribution in [0.4, 0.5) is 5.69 Å². The lowest BCUT2D eigenvalue weighted by atomic mass is 9.86. The van der Waals surface area contributed by atoms with Crippen LogP contribution in [0.3, 0.4) is 0 Å². The van der Waals surface area contributed by atoms with Gasteiger partial charge in [0.05, 0.1) is 11.4 Å². The van der Waals surface area contributed by atoms with Gasteiger partial charge in [-0.25, -0.2) is 0 Å². The molecule has 41 heavy (non-hydrogen) atoms. The van der Waals surface area contributed by atoms with E-state index in [0.717, 1.165) is 16.8 Å². The highest BCUT2D eigenvalue weighted by atomic mass is 14.6. The van der Waals surface area contributed by atoms with Crippen LogP contribution in [0.5, 0.6) is 0 Å². The Balaban J connectivity index is 0.000000182. The molecule has 1 aromatic heterocycles. The van der Waals surface area contributed by atoms with Crippen molar-refractivity contribution in [1.82, 2.24) is 4.98 Å². The molecule has 0 unspecified atom stereocenters. The van der Waals surface area contributed by atoms with Gasteiger partial charge in [0.2, 0.25) is 0 Å². The van der Waals surface area contributed by atoms with Crippen LogP contribution in [-0.4, -0.2) is 16.4 Å². The molecular weight excluding hydrogens is 500 g/mol. The van der Waals surface area contributed by atoms with Gasteiger partial charge < -0.3 is 5.73 Å². The summed E-state index contributed by atoms with van der Waals surface area (Å²) in [5.74, 6) is 0. The largest absolute Gasteiger partial charge is 0.399 e. The molecule has 4 heteroatoms. The normalized spacial score (nSPS) is 12.6. The summed E-state index contributed by atoms with van der Waals surface area (Å²) in [7, 11) is 0. The molecule has 5 aromatic carbocycles. The first-order valence-corrected chi connectivity index (χ1v) is 13.4. The smallest absolute Gasteiger partial charge is 0.0795 e. The SMILES string of the molecule is N=C1C=CC(c2cccnc2)=CC1=N.Nc1ccc(-c2c3ccccc3c(-c3ccccc3)c3ccccc23)cc1. The molecule has 0 amide bonds. The summed E-state index contributed by atoms with van der Waals surface area (Å²) in [6.45, 7) is 0. The van der Waals surface area contributed by atoms with Crippen molar-refractivity contribution in [3.8, 4) is 22.3 Å². The molecule has 4 nitrogen and oxygen atoms in total. The highest BCUT2D eigenvalue weighted by Crippen LogP contribution is 2.43. The summed E-state index contributed by atoms with van der Waals surface area (Å²) in [4.78, 5) is 4.01. The van der Waals surface area contributed by atoms with Gasteiger partial charge in [-0.1, -0.05) is 103 Å². The van der Waals surface area contributed by atoms with Crippen molar-refractivity contribution in [3.05, 3.63) is 151 Å². The third-order valence-corrected chi connectivity index (χ3v) is 7.21. The first-order chi connectivity index (χ1) is 20.1. The molecule has 0 saturated carbocycles. The van der Waals surface area contributed by atoms with Crippen LogP contribution >= 0.6 is 0 Å². The second-order valence-electron chi connectivity index (χ2n) is 9.83. The average Bonchev–Trinajstić information content (AvgIpc) is 3.03. The van der Waals surface area contributed by atoms with E-state index in [-0.39, 0.29) is 11.4 Å². The maximum atomic E-state index is 7.50. The quantitative estimate of drug-likeness (QED) is 0.122. The van der Waals surface area contributed by atoms with E-state index >= 15 is 0 Å². The van der Waals surface area contributed by atoms with E-state index in [9.17, 15) is 0 Å². The maximum absolute atomic E-state index is 7.50. The fourth-order valence-electron chi connectivity index (χ4n) is 5.26. The van der Waals surface area contributed by atoms with Crippen molar-refractivity contribution in [1.29, 1.82) is 10.8 Å². The molecule has 1 aliphatic rings. The topological polar surface area (TPSA) is 86.6 Å². The molecule has 0 radical (unpaired) electrons. The number of nitrogen functional groups attached to an aromatic ring is 1. The molecule has 196 valence electrons. The van der Waals surface area contributed by atoms with E-state index in [1.165, 1.54) is 43.8 Å². The van der Waals surface area contributed by atoms with Crippen LogP contribution < -0.4 is 5.73 Å². The van der Waals surface area contributed by atoms with Gasteiger partial charge in [0.15, 0.2) is 0 Å². The standard InChI is InChI=1S/C26H19N.C11H9N3/c27-20-16-14-19(15-17-20)26-23-12-6-4-10-21(23)25(18-8-2-1-3-9-18)22-11-5-7-13-24(22)26;12-10-4-3-8(6-11(10)13)9-2-1-5-14-7-9/h1-17H,27H2;1-7,12-13H. The third kappa shape index (κ3) is 5.19. The minimum absolute atomic E-state index is 0.242. The van der Waals surface area contributed by atoms with Gasteiger partial charge in [-0.05, 0) is 79.7 Å². The zero-order valence-electron chi connectivity index (χ0n) is 22.4.